The topological polar surface area (TPSA) is 116 Å². The molecular formula is C9H12N2O4. The molecule has 0 aliphatic heterocycles. The van der Waals surface area contributed by atoms with E-state index in [1.807, 2.05) is 0 Å². The van der Waals surface area contributed by atoms with Crippen LogP contribution >= 0.6 is 0 Å². The number of anilines is 1. The summed E-state index contributed by atoms with van der Waals surface area (Å²) in [5.74, 6) is 3.83. The molecule has 0 bridgehead atoms. The standard InChI is InChI=1S/C9H12N2O4/c10-11-7-2-1-5(3-6(7)4-12)8(13)9(14)15/h1-3,8,11-13H,4,10H2,(H,14,15). The van der Waals surface area contributed by atoms with Crippen LogP contribution in [0.2, 0.25) is 0 Å². The number of hydrogen-bond donors (Lipinski definition) is 5. The summed E-state index contributed by atoms with van der Waals surface area (Å²) >= 11 is 0. The van der Waals surface area contributed by atoms with Crippen LogP contribution in [0.25, 0.3) is 0 Å². The van der Waals surface area contributed by atoms with Gasteiger partial charge in [-0.25, -0.2) is 4.79 Å². The molecule has 1 aromatic carbocycles. The number of rotatable bonds is 4. The Morgan fingerprint density at radius 3 is 2.67 bits per heavy atom. The van der Waals surface area contributed by atoms with Crippen molar-refractivity contribution < 1.29 is 20.1 Å². The van der Waals surface area contributed by atoms with Gasteiger partial charge in [0.05, 0.1) is 12.3 Å². The molecule has 0 spiro atoms. The monoisotopic (exact) mass is 212 g/mol. The first kappa shape index (κ1) is 11.4. The first-order valence-corrected chi connectivity index (χ1v) is 4.21. The Hall–Kier alpha value is -1.63. The minimum Gasteiger partial charge on any atom is -0.479 e. The summed E-state index contributed by atoms with van der Waals surface area (Å²) in [6, 6.07) is 4.30. The van der Waals surface area contributed by atoms with E-state index in [1.54, 1.807) is 0 Å². The average Bonchev–Trinajstić information content (AvgIpc) is 2.26. The summed E-state index contributed by atoms with van der Waals surface area (Å²) < 4.78 is 0. The highest BCUT2D eigenvalue weighted by atomic mass is 16.4. The molecule has 0 aromatic heterocycles. The molecular weight excluding hydrogens is 200 g/mol. The fourth-order valence-corrected chi connectivity index (χ4v) is 1.20. The molecule has 0 aliphatic rings. The van der Waals surface area contributed by atoms with E-state index in [2.05, 4.69) is 5.43 Å². The molecule has 0 fully saturated rings. The summed E-state index contributed by atoms with van der Waals surface area (Å²) in [6.07, 6.45) is -1.60. The van der Waals surface area contributed by atoms with E-state index in [9.17, 15) is 9.90 Å². The van der Waals surface area contributed by atoms with Gasteiger partial charge in [0.25, 0.3) is 0 Å². The van der Waals surface area contributed by atoms with Gasteiger partial charge >= 0.3 is 5.97 Å². The number of aliphatic hydroxyl groups excluding tert-OH is 2. The minimum atomic E-state index is -1.60. The smallest absolute Gasteiger partial charge is 0.337 e. The molecule has 1 rings (SSSR count). The zero-order valence-electron chi connectivity index (χ0n) is 7.84. The number of carbonyl (C=O) groups is 1. The maximum absolute atomic E-state index is 10.5. The van der Waals surface area contributed by atoms with Gasteiger partial charge in [-0.05, 0) is 17.7 Å². The number of nitrogens with two attached hydrogens (primary N) is 1. The van der Waals surface area contributed by atoms with E-state index in [4.69, 9.17) is 16.1 Å². The van der Waals surface area contributed by atoms with E-state index in [0.29, 0.717) is 11.3 Å². The summed E-state index contributed by atoms with van der Waals surface area (Å²) in [6.45, 7) is -0.292. The van der Waals surface area contributed by atoms with Crippen molar-refractivity contribution >= 4 is 11.7 Å². The number of nitrogens with one attached hydrogen (secondary N) is 1. The normalized spacial score (nSPS) is 12.2. The van der Waals surface area contributed by atoms with Crippen molar-refractivity contribution in [1.29, 1.82) is 0 Å². The quantitative estimate of drug-likeness (QED) is 0.342. The zero-order chi connectivity index (χ0) is 11.4. The molecule has 1 unspecified atom stereocenters. The van der Waals surface area contributed by atoms with Gasteiger partial charge < -0.3 is 20.7 Å². The molecule has 1 aromatic rings. The van der Waals surface area contributed by atoms with Gasteiger partial charge in [-0.15, -0.1) is 0 Å². The molecule has 0 aliphatic carbocycles. The molecule has 6 nitrogen and oxygen atoms in total. The molecule has 15 heavy (non-hydrogen) atoms. The summed E-state index contributed by atoms with van der Waals surface area (Å²) in [5.41, 5.74) is 3.46. The first-order valence-electron chi connectivity index (χ1n) is 4.21. The molecule has 6 N–H and O–H groups in total. The molecule has 82 valence electrons. The van der Waals surface area contributed by atoms with E-state index < -0.39 is 12.1 Å². The van der Waals surface area contributed by atoms with Crippen LogP contribution < -0.4 is 11.3 Å². The third-order valence-electron chi connectivity index (χ3n) is 2.00. The summed E-state index contributed by atoms with van der Waals surface area (Å²) in [5, 5.41) is 26.8. The number of carboxylic acids is 1. The Labute approximate surface area is 85.9 Å². The van der Waals surface area contributed by atoms with Gasteiger partial charge in [-0.1, -0.05) is 6.07 Å². The Bertz CT molecular complexity index is 367. The van der Waals surface area contributed by atoms with E-state index in [1.165, 1.54) is 18.2 Å². The van der Waals surface area contributed by atoms with Crippen molar-refractivity contribution in [3.8, 4) is 0 Å². The number of carboxylic acid groups (broad SMARTS) is 1. The van der Waals surface area contributed by atoms with Crippen LogP contribution in [0.5, 0.6) is 0 Å². The van der Waals surface area contributed by atoms with Crippen LogP contribution in [0, 0.1) is 0 Å². The Kier molecular flexibility index (Phi) is 3.62. The number of hydrogen-bond acceptors (Lipinski definition) is 5. The highest BCUT2D eigenvalue weighted by Crippen LogP contribution is 2.21. The van der Waals surface area contributed by atoms with Crippen molar-refractivity contribution in [2.75, 3.05) is 5.43 Å². The SMILES string of the molecule is NNc1ccc(C(O)C(=O)O)cc1CO. The van der Waals surface area contributed by atoms with Crippen LogP contribution in [0.15, 0.2) is 18.2 Å². The highest BCUT2D eigenvalue weighted by molar-refractivity contribution is 5.74. The van der Waals surface area contributed by atoms with Crippen molar-refractivity contribution in [3.05, 3.63) is 29.3 Å². The fourth-order valence-electron chi connectivity index (χ4n) is 1.20. The first-order chi connectivity index (χ1) is 7.10. The van der Waals surface area contributed by atoms with Gasteiger partial charge in [-0.3, -0.25) is 5.84 Å². The van der Waals surface area contributed by atoms with Gasteiger partial charge in [0, 0.05) is 5.56 Å². The predicted molar refractivity (Wildman–Crippen MR) is 52.8 cm³/mol. The lowest BCUT2D eigenvalue weighted by atomic mass is 10.0. The molecule has 6 heteroatoms. The maximum Gasteiger partial charge on any atom is 0.337 e. The molecule has 0 amide bonds. The second kappa shape index (κ2) is 4.74. The lowest BCUT2D eigenvalue weighted by molar-refractivity contribution is -0.146. The number of hydrazine groups is 1. The zero-order valence-corrected chi connectivity index (χ0v) is 7.84. The third-order valence-corrected chi connectivity index (χ3v) is 2.00. The van der Waals surface area contributed by atoms with Crippen molar-refractivity contribution in [1.82, 2.24) is 0 Å². The number of aliphatic hydroxyl groups is 2. The van der Waals surface area contributed by atoms with Gasteiger partial charge in [0.1, 0.15) is 0 Å². The van der Waals surface area contributed by atoms with Crippen LogP contribution in [-0.4, -0.2) is 21.3 Å². The Balaban J connectivity index is 3.07. The average molecular weight is 212 g/mol. The van der Waals surface area contributed by atoms with Crippen molar-refractivity contribution in [2.24, 2.45) is 5.84 Å². The maximum atomic E-state index is 10.5. The summed E-state index contributed by atoms with van der Waals surface area (Å²) in [4.78, 5) is 10.5. The number of nitrogen functional groups attached to an aromatic ring is 1. The molecule has 1 atom stereocenters. The second-order valence-corrected chi connectivity index (χ2v) is 2.96. The van der Waals surface area contributed by atoms with Crippen LogP contribution in [0.3, 0.4) is 0 Å². The van der Waals surface area contributed by atoms with E-state index in [-0.39, 0.29) is 12.2 Å². The molecule has 0 radical (unpaired) electrons. The van der Waals surface area contributed by atoms with Crippen LogP contribution in [-0.2, 0) is 11.4 Å². The number of benzene rings is 1. The highest BCUT2D eigenvalue weighted by Gasteiger charge is 2.16. The van der Waals surface area contributed by atoms with Crippen molar-refractivity contribution in [2.45, 2.75) is 12.7 Å². The van der Waals surface area contributed by atoms with Crippen LogP contribution in [0.1, 0.15) is 17.2 Å². The van der Waals surface area contributed by atoms with Gasteiger partial charge in [0.15, 0.2) is 6.10 Å². The van der Waals surface area contributed by atoms with Crippen molar-refractivity contribution in [3.63, 3.8) is 0 Å². The lowest BCUT2D eigenvalue weighted by Crippen LogP contribution is -2.13. The van der Waals surface area contributed by atoms with E-state index in [0.717, 1.165) is 0 Å². The molecule has 0 saturated carbocycles. The predicted octanol–water partition coefficient (Wildman–Crippen LogP) is -0.418. The minimum absolute atomic E-state index is 0.200. The van der Waals surface area contributed by atoms with Gasteiger partial charge in [0.2, 0.25) is 0 Å². The Morgan fingerprint density at radius 2 is 2.20 bits per heavy atom. The molecule has 0 saturated heterocycles. The largest absolute Gasteiger partial charge is 0.479 e. The molecule has 0 heterocycles. The Morgan fingerprint density at radius 1 is 1.53 bits per heavy atom. The van der Waals surface area contributed by atoms with E-state index >= 15 is 0 Å². The lowest BCUT2D eigenvalue weighted by Gasteiger charge is -2.11. The third kappa shape index (κ3) is 2.44. The summed E-state index contributed by atoms with van der Waals surface area (Å²) in [7, 11) is 0. The number of aliphatic carboxylic acids is 1. The second-order valence-electron chi connectivity index (χ2n) is 2.96. The fraction of sp³-hybridized carbons (Fsp3) is 0.222. The van der Waals surface area contributed by atoms with Gasteiger partial charge in [-0.2, -0.15) is 0 Å². The van der Waals surface area contributed by atoms with Crippen LogP contribution in [0.4, 0.5) is 5.69 Å².